The van der Waals surface area contributed by atoms with Gasteiger partial charge in [0.25, 0.3) is 5.91 Å². The molecule has 162 valence electrons. The second kappa shape index (κ2) is 10.5. The van der Waals surface area contributed by atoms with Crippen LogP contribution in [0.3, 0.4) is 0 Å². The predicted molar refractivity (Wildman–Crippen MR) is 106 cm³/mol. The molecule has 1 aromatic carbocycles. The SMILES string of the molecule is COC(=O)[C@H](CC(=O)OC(C)(C)C)NC(=O)c1ccc(CP(=O)(OC)OC)cc1. The smallest absolute Gasteiger partial charge is 0.334 e. The maximum absolute atomic E-state index is 12.5. The number of hydrogen-bond acceptors (Lipinski definition) is 8. The average molecular weight is 429 g/mol. The Bertz CT molecular complexity index is 761. The molecule has 0 saturated heterocycles. The van der Waals surface area contributed by atoms with E-state index in [0.717, 1.165) is 7.11 Å². The predicted octanol–water partition coefficient (Wildman–Crippen LogP) is 2.68. The fourth-order valence-corrected chi connectivity index (χ4v) is 3.38. The maximum atomic E-state index is 12.5. The molecule has 0 bridgehead atoms. The topological polar surface area (TPSA) is 117 Å². The highest BCUT2D eigenvalue weighted by Gasteiger charge is 2.28. The Balaban J connectivity index is 2.85. The quantitative estimate of drug-likeness (QED) is 0.470. The fraction of sp³-hybridized carbons (Fsp3) is 0.526. The lowest BCUT2D eigenvalue weighted by Crippen LogP contribution is -2.43. The minimum atomic E-state index is -3.23. The van der Waals surface area contributed by atoms with Gasteiger partial charge in [-0.2, -0.15) is 0 Å². The number of benzene rings is 1. The molecule has 10 heteroatoms. The van der Waals surface area contributed by atoms with Crippen LogP contribution in [0.25, 0.3) is 0 Å². The van der Waals surface area contributed by atoms with Crippen molar-refractivity contribution < 1.29 is 37.5 Å². The van der Waals surface area contributed by atoms with Gasteiger partial charge in [0, 0.05) is 19.8 Å². The highest BCUT2D eigenvalue weighted by atomic mass is 31.2. The normalized spacial score (nSPS) is 12.8. The van der Waals surface area contributed by atoms with Crippen molar-refractivity contribution in [2.75, 3.05) is 21.3 Å². The summed E-state index contributed by atoms with van der Waals surface area (Å²) in [4.78, 5) is 36.4. The third-order valence-electron chi connectivity index (χ3n) is 3.73. The van der Waals surface area contributed by atoms with Crippen molar-refractivity contribution in [1.29, 1.82) is 0 Å². The van der Waals surface area contributed by atoms with Crippen molar-refractivity contribution >= 4 is 25.4 Å². The Morgan fingerprint density at radius 2 is 1.59 bits per heavy atom. The Labute approximate surface area is 170 Å². The van der Waals surface area contributed by atoms with Crippen LogP contribution in [0.4, 0.5) is 0 Å². The van der Waals surface area contributed by atoms with Crippen molar-refractivity contribution in [3.63, 3.8) is 0 Å². The first-order valence-electron chi connectivity index (χ1n) is 8.83. The lowest BCUT2D eigenvalue weighted by molar-refractivity contribution is -0.158. The molecule has 0 aliphatic carbocycles. The summed E-state index contributed by atoms with van der Waals surface area (Å²) in [5.41, 5.74) is 0.171. The van der Waals surface area contributed by atoms with Crippen LogP contribution in [-0.4, -0.2) is 50.8 Å². The standard InChI is InChI=1S/C19H28NO8P/c1-19(2,3)28-16(21)11-15(18(23)25-4)20-17(22)14-9-7-13(8-10-14)12-29(24,26-5)27-6/h7-10,15H,11-12H2,1-6H3,(H,20,22)/t15-/m0/s1. The van der Waals surface area contributed by atoms with Gasteiger partial charge in [0.1, 0.15) is 11.6 Å². The largest absolute Gasteiger partial charge is 0.467 e. The number of ether oxygens (including phenoxy) is 2. The summed E-state index contributed by atoms with van der Waals surface area (Å²) in [5, 5.41) is 2.47. The molecule has 1 aromatic rings. The van der Waals surface area contributed by atoms with E-state index >= 15 is 0 Å². The first-order chi connectivity index (χ1) is 13.4. The van der Waals surface area contributed by atoms with E-state index in [2.05, 4.69) is 10.1 Å². The molecule has 0 aliphatic heterocycles. The Morgan fingerprint density at radius 3 is 2.03 bits per heavy atom. The Kier molecular flexibility index (Phi) is 9.01. The van der Waals surface area contributed by atoms with Crippen LogP contribution in [0.1, 0.15) is 43.1 Å². The first kappa shape index (κ1) is 24.8. The molecule has 0 unspecified atom stereocenters. The van der Waals surface area contributed by atoms with Crippen LogP contribution in [0.15, 0.2) is 24.3 Å². The van der Waals surface area contributed by atoms with Crippen molar-refractivity contribution in [1.82, 2.24) is 5.32 Å². The molecule has 1 amide bonds. The molecule has 0 fully saturated rings. The van der Waals surface area contributed by atoms with Gasteiger partial charge >= 0.3 is 19.5 Å². The highest BCUT2D eigenvalue weighted by Crippen LogP contribution is 2.49. The Hall–Kier alpha value is -2.22. The Morgan fingerprint density at radius 1 is 1.03 bits per heavy atom. The van der Waals surface area contributed by atoms with Crippen LogP contribution in [-0.2, 0) is 38.8 Å². The number of amides is 1. The summed E-state index contributed by atoms with van der Waals surface area (Å²) >= 11 is 0. The zero-order valence-electron chi connectivity index (χ0n) is 17.5. The lowest BCUT2D eigenvalue weighted by atomic mass is 10.1. The third kappa shape index (κ3) is 8.35. The van der Waals surface area contributed by atoms with Crippen LogP contribution >= 0.6 is 7.60 Å². The number of esters is 2. The molecule has 1 atom stereocenters. The van der Waals surface area contributed by atoms with Gasteiger partial charge in [0.15, 0.2) is 0 Å². The van der Waals surface area contributed by atoms with Crippen LogP contribution in [0.5, 0.6) is 0 Å². The zero-order valence-corrected chi connectivity index (χ0v) is 18.4. The summed E-state index contributed by atoms with van der Waals surface area (Å²) in [6.07, 6.45) is -0.316. The van der Waals surface area contributed by atoms with E-state index in [1.54, 1.807) is 32.9 Å². The molecule has 1 N–H and O–H groups in total. The molecule has 29 heavy (non-hydrogen) atoms. The molecular formula is C19H28NO8P. The van der Waals surface area contributed by atoms with Gasteiger partial charge in [-0.25, -0.2) is 4.79 Å². The number of carbonyl (C=O) groups excluding carboxylic acids is 3. The number of hydrogen-bond donors (Lipinski definition) is 1. The maximum Gasteiger partial charge on any atom is 0.334 e. The van der Waals surface area contributed by atoms with Gasteiger partial charge < -0.3 is 23.8 Å². The molecule has 0 heterocycles. The van der Waals surface area contributed by atoms with Gasteiger partial charge in [0.2, 0.25) is 0 Å². The van der Waals surface area contributed by atoms with Crippen molar-refractivity contribution in [2.24, 2.45) is 0 Å². The summed E-state index contributed by atoms with van der Waals surface area (Å²) in [6.45, 7) is 5.10. The second-order valence-corrected chi connectivity index (χ2v) is 9.44. The summed E-state index contributed by atoms with van der Waals surface area (Å²) in [7, 11) is 0.524. The second-order valence-electron chi connectivity index (χ2n) is 7.17. The van der Waals surface area contributed by atoms with Gasteiger partial charge in [-0.1, -0.05) is 12.1 Å². The van der Waals surface area contributed by atoms with E-state index in [9.17, 15) is 18.9 Å². The summed E-state index contributed by atoms with van der Waals surface area (Å²) in [6, 6.07) is 5.01. The zero-order chi connectivity index (χ0) is 22.2. The van der Waals surface area contributed by atoms with Crippen molar-refractivity contribution in [3.8, 4) is 0 Å². The molecule has 0 aromatic heterocycles. The van der Waals surface area contributed by atoms with Gasteiger partial charge in [-0.05, 0) is 38.5 Å². The molecule has 1 rings (SSSR count). The first-order valence-corrected chi connectivity index (χ1v) is 10.6. The number of methoxy groups -OCH3 is 1. The van der Waals surface area contributed by atoms with Crippen LogP contribution in [0, 0.1) is 0 Å². The monoisotopic (exact) mass is 429 g/mol. The number of nitrogens with one attached hydrogen (secondary N) is 1. The minimum absolute atomic E-state index is 0.0470. The molecule has 9 nitrogen and oxygen atoms in total. The molecular weight excluding hydrogens is 401 g/mol. The fourth-order valence-electron chi connectivity index (χ4n) is 2.32. The van der Waals surface area contributed by atoms with E-state index < -0.39 is 37.1 Å². The van der Waals surface area contributed by atoms with E-state index in [4.69, 9.17) is 13.8 Å². The van der Waals surface area contributed by atoms with E-state index in [1.165, 1.54) is 26.4 Å². The van der Waals surface area contributed by atoms with Gasteiger partial charge in [-0.3, -0.25) is 14.2 Å². The number of carbonyl (C=O) groups is 3. The molecule has 0 spiro atoms. The van der Waals surface area contributed by atoms with E-state index in [0.29, 0.717) is 5.56 Å². The summed E-state index contributed by atoms with van der Waals surface area (Å²) in [5.74, 6) is -1.97. The minimum Gasteiger partial charge on any atom is -0.467 e. The third-order valence-corrected chi connectivity index (χ3v) is 5.60. The van der Waals surface area contributed by atoms with Gasteiger partial charge in [0.05, 0.1) is 19.7 Å². The molecule has 0 saturated carbocycles. The highest BCUT2D eigenvalue weighted by molar-refractivity contribution is 7.52. The average Bonchev–Trinajstić information content (AvgIpc) is 2.65. The van der Waals surface area contributed by atoms with Crippen molar-refractivity contribution in [2.45, 2.75) is 45.0 Å². The van der Waals surface area contributed by atoms with E-state index in [1.807, 2.05) is 0 Å². The molecule has 0 aliphatic rings. The van der Waals surface area contributed by atoms with Crippen LogP contribution < -0.4 is 5.32 Å². The van der Waals surface area contributed by atoms with Crippen molar-refractivity contribution in [3.05, 3.63) is 35.4 Å². The van der Waals surface area contributed by atoms with E-state index in [-0.39, 0.29) is 18.1 Å². The van der Waals surface area contributed by atoms with Gasteiger partial charge in [-0.15, -0.1) is 0 Å². The summed E-state index contributed by atoms with van der Waals surface area (Å²) < 4.78 is 31.8. The van der Waals surface area contributed by atoms with Crippen LogP contribution in [0.2, 0.25) is 0 Å². The molecule has 0 radical (unpaired) electrons. The lowest BCUT2D eigenvalue weighted by Gasteiger charge is -2.22. The number of rotatable bonds is 9.